The lowest BCUT2D eigenvalue weighted by atomic mass is 10.3. The van der Waals surface area contributed by atoms with Crippen LogP contribution in [0, 0.1) is 0 Å². The first kappa shape index (κ1) is 9.43. The van der Waals surface area contributed by atoms with Crippen LogP contribution in [0.5, 0.6) is 0 Å². The largest absolute Gasteiger partial charge is 0.376 e. The van der Waals surface area contributed by atoms with Gasteiger partial charge in [0.1, 0.15) is 12.7 Å². The molecule has 0 aromatic carbocycles. The van der Waals surface area contributed by atoms with Gasteiger partial charge >= 0.3 is 0 Å². The van der Waals surface area contributed by atoms with Crippen molar-refractivity contribution >= 4 is 5.78 Å². The van der Waals surface area contributed by atoms with Gasteiger partial charge in [-0.25, -0.2) is 0 Å². The molecule has 0 amide bonds. The van der Waals surface area contributed by atoms with Crippen LogP contribution in [0.4, 0.5) is 0 Å². The summed E-state index contributed by atoms with van der Waals surface area (Å²) in [7, 11) is 1.85. The predicted molar refractivity (Wildman–Crippen MR) is 50.3 cm³/mol. The van der Waals surface area contributed by atoms with Crippen LogP contribution in [0.3, 0.4) is 0 Å². The molecule has 1 aromatic rings. The molecule has 0 spiro atoms. The first-order valence-corrected chi connectivity index (χ1v) is 4.61. The number of carbonyl (C=O) groups excluding carboxylic acids is 1. The van der Waals surface area contributed by atoms with Gasteiger partial charge in [0, 0.05) is 13.2 Å². The number of aromatic nitrogens is 1. The molecule has 1 aliphatic heterocycles. The number of carbonyl (C=O) groups is 1. The van der Waals surface area contributed by atoms with Crippen LogP contribution in [0.15, 0.2) is 18.3 Å². The molecule has 1 saturated heterocycles. The smallest absolute Gasteiger partial charge is 0.204 e. The Balaban J connectivity index is 1.86. The summed E-state index contributed by atoms with van der Waals surface area (Å²) in [4.78, 5) is 11.6. The highest BCUT2D eigenvalue weighted by molar-refractivity contribution is 5.95. The van der Waals surface area contributed by atoms with Gasteiger partial charge in [0.05, 0.1) is 18.9 Å². The Morgan fingerprint density at radius 1 is 1.71 bits per heavy atom. The van der Waals surface area contributed by atoms with Gasteiger partial charge in [0.25, 0.3) is 0 Å². The minimum Gasteiger partial charge on any atom is -0.376 e. The van der Waals surface area contributed by atoms with E-state index in [2.05, 4.69) is 0 Å². The zero-order valence-electron chi connectivity index (χ0n) is 8.10. The van der Waals surface area contributed by atoms with Crippen LogP contribution in [-0.2, 0) is 16.5 Å². The summed E-state index contributed by atoms with van der Waals surface area (Å²) >= 11 is 0. The van der Waals surface area contributed by atoms with Gasteiger partial charge < -0.3 is 14.0 Å². The number of hydrogen-bond acceptors (Lipinski definition) is 3. The van der Waals surface area contributed by atoms with Crippen molar-refractivity contribution in [2.24, 2.45) is 7.05 Å². The third kappa shape index (κ3) is 1.86. The molecule has 0 aliphatic carbocycles. The summed E-state index contributed by atoms with van der Waals surface area (Å²) in [5.41, 5.74) is 0.685. The van der Waals surface area contributed by atoms with Crippen LogP contribution in [0.25, 0.3) is 0 Å². The Morgan fingerprint density at radius 2 is 2.50 bits per heavy atom. The summed E-state index contributed by atoms with van der Waals surface area (Å²) < 4.78 is 12.1. The highest BCUT2D eigenvalue weighted by atomic mass is 16.6. The zero-order valence-corrected chi connectivity index (χ0v) is 8.10. The maximum Gasteiger partial charge on any atom is 0.204 e. The van der Waals surface area contributed by atoms with E-state index in [0.717, 1.165) is 0 Å². The van der Waals surface area contributed by atoms with Crippen LogP contribution in [0.1, 0.15) is 10.5 Å². The van der Waals surface area contributed by atoms with Crippen molar-refractivity contribution in [3.63, 3.8) is 0 Å². The van der Waals surface area contributed by atoms with Crippen LogP contribution in [-0.4, -0.2) is 36.3 Å². The predicted octanol–water partition coefficient (Wildman–Crippen LogP) is 0.623. The van der Waals surface area contributed by atoms with E-state index >= 15 is 0 Å². The maximum atomic E-state index is 11.6. The molecule has 0 radical (unpaired) electrons. The summed E-state index contributed by atoms with van der Waals surface area (Å²) in [6.45, 7) is 1.37. The number of rotatable bonds is 4. The number of nitrogens with zero attached hydrogens (tertiary/aromatic N) is 1. The molecular formula is C10H13NO3. The van der Waals surface area contributed by atoms with Crippen LogP contribution < -0.4 is 0 Å². The fourth-order valence-corrected chi connectivity index (χ4v) is 1.33. The Kier molecular flexibility index (Phi) is 2.65. The van der Waals surface area contributed by atoms with Crippen molar-refractivity contribution in [3.8, 4) is 0 Å². The summed E-state index contributed by atoms with van der Waals surface area (Å²) in [5, 5.41) is 0. The van der Waals surface area contributed by atoms with E-state index in [0.29, 0.717) is 18.9 Å². The van der Waals surface area contributed by atoms with E-state index in [-0.39, 0.29) is 18.5 Å². The summed E-state index contributed by atoms with van der Waals surface area (Å²) in [6, 6.07) is 3.64. The molecule has 2 heterocycles. The normalized spacial score (nSPS) is 16.6. The average Bonchev–Trinajstić information content (AvgIpc) is 2.48. The second-order valence-electron chi connectivity index (χ2n) is 3.40. The number of aryl methyl sites for hydroxylation is 1. The van der Waals surface area contributed by atoms with Gasteiger partial charge in [-0.2, -0.15) is 0 Å². The Bertz CT molecular complexity index is 328. The fourth-order valence-electron chi connectivity index (χ4n) is 1.33. The standard InChI is InChI=1S/C10H13NO3/c1-11-4-2-3-9(11)10(12)7-14-8-5-13-6-8/h2-4,8H,5-7H2,1H3. The van der Waals surface area contributed by atoms with Gasteiger partial charge in [-0.15, -0.1) is 0 Å². The number of ether oxygens (including phenoxy) is 2. The van der Waals surface area contributed by atoms with Crippen LogP contribution >= 0.6 is 0 Å². The molecule has 0 N–H and O–H groups in total. The van der Waals surface area contributed by atoms with Crippen molar-refractivity contribution in [1.29, 1.82) is 0 Å². The second-order valence-corrected chi connectivity index (χ2v) is 3.40. The molecule has 14 heavy (non-hydrogen) atoms. The molecule has 1 fully saturated rings. The fraction of sp³-hybridized carbons (Fsp3) is 0.500. The monoisotopic (exact) mass is 195 g/mol. The van der Waals surface area contributed by atoms with Gasteiger partial charge in [-0.1, -0.05) is 0 Å². The first-order valence-electron chi connectivity index (χ1n) is 4.61. The Morgan fingerprint density at radius 3 is 3.00 bits per heavy atom. The van der Waals surface area contributed by atoms with Crippen molar-refractivity contribution in [2.45, 2.75) is 6.10 Å². The van der Waals surface area contributed by atoms with E-state index in [1.54, 1.807) is 10.6 Å². The van der Waals surface area contributed by atoms with Crippen LogP contribution in [0.2, 0.25) is 0 Å². The third-order valence-corrected chi connectivity index (χ3v) is 2.29. The topological polar surface area (TPSA) is 40.5 Å². The van der Waals surface area contributed by atoms with E-state index in [1.807, 2.05) is 19.3 Å². The molecule has 1 aliphatic rings. The second kappa shape index (κ2) is 3.94. The molecule has 0 atom stereocenters. The minimum atomic E-state index is 0.0180. The zero-order chi connectivity index (χ0) is 9.97. The first-order chi connectivity index (χ1) is 6.77. The van der Waals surface area contributed by atoms with Crippen molar-refractivity contribution in [1.82, 2.24) is 4.57 Å². The number of ketones is 1. The molecule has 76 valence electrons. The Labute approximate surface area is 82.4 Å². The molecule has 0 unspecified atom stereocenters. The van der Waals surface area contributed by atoms with E-state index in [4.69, 9.17) is 9.47 Å². The molecule has 4 nitrogen and oxygen atoms in total. The van der Waals surface area contributed by atoms with Gasteiger partial charge in [-0.05, 0) is 12.1 Å². The lowest BCUT2D eigenvalue weighted by Crippen LogP contribution is -2.37. The number of Topliss-reactive ketones (excluding diaryl/α,β-unsaturated/α-hetero) is 1. The molecule has 4 heteroatoms. The summed E-state index contributed by atoms with van der Waals surface area (Å²) in [5.74, 6) is 0.0180. The lowest BCUT2D eigenvalue weighted by molar-refractivity contribution is -0.123. The van der Waals surface area contributed by atoms with E-state index < -0.39 is 0 Å². The minimum absolute atomic E-state index is 0.0180. The van der Waals surface area contributed by atoms with Gasteiger partial charge in [0.15, 0.2) is 0 Å². The molecular weight excluding hydrogens is 182 g/mol. The molecule has 0 saturated carbocycles. The lowest BCUT2D eigenvalue weighted by Gasteiger charge is -2.25. The average molecular weight is 195 g/mol. The van der Waals surface area contributed by atoms with Crippen molar-refractivity contribution < 1.29 is 14.3 Å². The van der Waals surface area contributed by atoms with Crippen molar-refractivity contribution in [3.05, 3.63) is 24.0 Å². The highest BCUT2D eigenvalue weighted by Crippen LogP contribution is 2.07. The molecule has 1 aromatic heterocycles. The molecule has 0 bridgehead atoms. The maximum absolute atomic E-state index is 11.6. The quantitative estimate of drug-likeness (QED) is 0.661. The van der Waals surface area contributed by atoms with Gasteiger partial charge in [0.2, 0.25) is 5.78 Å². The number of hydrogen-bond donors (Lipinski definition) is 0. The SMILES string of the molecule is Cn1cccc1C(=O)COC1COC1. The third-order valence-electron chi connectivity index (χ3n) is 2.29. The van der Waals surface area contributed by atoms with Gasteiger partial charge in [-0.3, -0.25) is 4.79 Å². The summed E-state index contributed by atoms with van der Waals surface area (Å²) in [6.07, 6.45) is 1.96. The Hall–Kier alpha value is -1.13. The highest BCUT2D eigenvalue weighted by Gasteiger charge is 2.20. The van der Waals surface area contributed by atoms with Crippen molar-refractivity contribution in [2.75, 3.05) is 19.8 Å². The van der Waals surface area contributed by atoms with E-state index in [9.17, 15) is 4.79 Å². The molecule has 2 rings (SSSR count). The van der Waals surface area contributed by atoms with E-state index in [1.165, 1.54) is 0 Å².